The van der Waals surface area contributed by atoms with E-state index in [1.165, 1.54) is 0 Å². The molecule has 0 bridgehead atoms. The van der Waals surface area contributed by atoms with E-state index in [1.807, 2.05) is 30.9 Å². The third kappa shape index (κ3) is 1.80. The number of hydrogen-bond donors (Lipinski definition) is 1. The Labute approximate surface area is 95.1 Å². The van der Waals surface area contributed by atoms with Gasteiger partial charge in [0, 0.05) is 33.0 Å². The van der Waals surface area contributed by atoms with Crippen molar-refractivity contribution >= 4 is 17.3 Å². The molecule has 2 aromatic rings. The summed E-state index contributed by atoms with van der Waals surface area (Å²) in [5.74, 6) is 1.77. The second-order valence-corrected chi connectivity index (χ2v) is 3.78. The van der Waals surface area contributed by atoms with Crippen molar-refractivity contribution in [1.29, 1.82) is 0 Å². The smallest absolute Gasteiger partial charge is 0.180 e. The Hall–Kier alpha value is -1.78. The first-order chi connectivity index (χ1) is 7.76. The zero-order valence-electron chi connectivity index (χ0n) is 9.94. The molecule has 0 aliphatic heterocycles. The number of nitrogens with one attached hydrogen (secondary N) is 1. The maximum atomic E-state index is 4.54. The fourth-order valence-corrected chi connectivity index (χ4v) is 1.73. The molecule has 16 heavy (non-hydrogen) atoms. The molecule has 2 rings (SSSR count). The number of nitrogens with zero attached hydrogens (tertiary/aromatic N) is 4. The van der Waals surface area contributed by atoms with Crippen LogP contribution in [0.5, 0.6) is 0 Å². The minimum absolute atomic E-state index is 0.850. The summed E-state index contributed by atoms with van der Waals surface area (Å²) >= 11 is 0. The van der Waals surface area contributed by atoms with Crippen molar-refractivity contribution in [2.45, 2.75) is 13.3 Å². The van der Waals surface area contributed by atoms with Gasteiger partial charge in [0.1, 0.15) is 5.82 Å². The van der Waals surface area contributed by atoms with E-state index in [2.05, 4.69) is 27.1 Å². The van der Waals surface area contributed by atoms with E-state index in [0.717, 1.165) is 30.2 Å². The third-order valence-electron chi connectivity index (χ3n) is 2.53. The molecule has 0 fully saturated rings. The van der Waals surface area contributed by atoms with Crippen LogP contribution in [0.15, 0.2) is 18.6 Å². The van der Waals surface area contributed by atoms with Gasteiger partial charge in [0.15, 0.2) is 11.5 Å². The molecular formula is C11H17N5. The highest BCUT2D eigenvalue weighted by Crippen LogP contribution is 2.19. The first-order valence-electron chi connectivity index (χ1n) is 5.49. The van der Waals surface area contributed by atoms with Gasteiger partial charge in [0.2, 0.25) is 0 Å². The number of rotatable bonds is 4. The zero-order valence-corrected chi connectivity index (χ0v) is 9.94. The lowest BCUT2D eigenvalue weighted by atomic mass is 10.4. The van der Waals surface area contributed by atoms with Gasteiger partial charge in [-0.25, -0.2) is 9.97 Å². The van der Waals surface area contributed by atoms with Gasteiger partial charge in [-0.2, -0.15) is 0 Å². The molecule has 0 atom stereocenters. The predicted octanol–water partition coefficient (Wildman–Crippen LogP) is 1.62. The van der Waals surface area contributed by atoms with Crippen molar-refractivity contribution in [3.8, 4) is 0 Å². The van der Waals surface area contributed by atoms with Gasteiger partial charge in [0.05, 0.1) is 6.20 Å². The largest absolute Gasteiger partial charge is 0.372 e. The summed E-state index contributed by atoms with van der Waals surface area (Å²) in [6.07, 6.45) is 6.75. The molecule has 0 unspecified atom stereocenters. The lowest BCUT2D eigenvalue weighted by Gasteiger charge is -2.18. The molecule has 1 N–H and O–H groups in total. The summed E-state index contributed by atoms with van der Waals surface area (Å²) in [6.45, 7) is 3.13. The Morgan fingerprint density at radius 1 is 1.50 bits per heavy atom. The van der Waals surface area contributed by atoms with Crippen molar-refractivity contribution in [2.75, 3.05) is 30.9 Å². The second-order valence-electron chi connectivity index (χ2n) is 3.78. The topological polar surface area (TPSA) is 45.5 Å². The Balaban J connectivity index is 2.51. The van der Waals surface area contributed by atoms with Gasteiger partial charge in [-0.15, -0.1) is 0 Å². The van der Waals surface area contributed by atoms with Crippen LogP contribution in [-0.2, 0) is 0 Å². The minimum Gasteiger partial charge on any atom is -0.372 e. The van der Waals surface area contributed by atoms with E-state index in [9.17, 15) is 0 Å². The van der Waals surface area contributed by atoms with Crippen LogP contribution in [0, 0.1) is 0 Å². The van der Waals surface area contributed by atoms with E-state index in [0.29, 0.717) is 0 Å². The molecule has 0 amide bonds. The van der Waals surface area contributed by atoms with Gasteiger partial charge >= 0.3 is 0 Å². The summed E-state index contributed by atoms with van der Waals surface area (Å²) in [7, 11) is 3.91. The Morgan fingerprint density at radius 2 is 2.31 bits per heavy atom. The molecule has 0 saturated heterocycles. The third-order valence-corrected chi connectivity index (χ3v) is 2.53. The molecule has 2 aromatic heterocycles. The maximum Gasteiger partial charge on any atom is 0.180 e. The van der Waals surface area contributed by atoms with Crippen LogP contribution < -0.4 is 10.2 Å². The van der Waals surface area contributed by atoms with Crippen LogP contribution in [-0.4, -0.2) is 35.0 Å². The first-order valence-corrected chi connectivity index (χ1v) is 5.49. The standard InChI is InChI=1S/C11H17N5/c1-4-6-15(3)11-10-13-5-7-16(10)8-9(12-2)14-11/h5,7-8,12H,4,6H2,1-3H3. The normalized spacial score (nSPS) is 10.7. The number of fused-ring (bicyclic) bond motifs is 1. The molecule has 2 heterocycles. The van der Waals surface area contributed by atoms with Crippen molar-refractivity contribution in [3.63, 3.8) is 0 Å². The number of aromatic nitrogens is 3. The van der Waals surface area contributed by atoms with E-state index in [1.54, 1.807) is 6.20 Å². The average molecular weight is 219 g/mol. The summed E-state index contributed by atoms with van der Waals surface area (Å²) < 4.78 is 1.99. The maximum absolute atomic E-state index is 4.54. The summed E-state index contributed by atoms with van der Waals surface area (Å²) in [5, 5.41) is 3.06. The predicted molar refractivity (Wildman–Crippen MR) is 66.1 cm³/mol. The zero-order chi connectivity index (χ0) is 11.5. The molecule has 0 aromatic carbocycles. The van der Waals surface area contributed by atoms with Crippen LogP contribution in [0.4, 0.5) is 11.6 Å². The van der Waals surface area contributed by atoms with Gasteiger partial charge in [-0.3, -0.25) is 0 Å². The van der Waals surface area contributed by atoms with Crippen LogP contribution in [0.3, 0.4) is 0 Å². The van der Waals surface area contributed by atoms with Gasteiger partial charge in [-0.1, -0.05) is 6.92 Å². The van der Waals surface area contributed by atoms with E-state index in [4.69, 9.17) is 0 Å². The van der Waals surface area contributed by atoms with Crippen LogP contribution >= 0.6 is 0 Å². The van der Waals surface area contributed by atoms with Crippen LogP contribution in [0.25, 0.3) is 5.65 Å². The van der Waals surface area contributed by atoms with Crippen LogP contribution in [0.1, 0.15) is 13.3 Å². The highest BCUT2D eigenvalue weighted by molar-refractivity contribution is 5.66. The molecule has 86 valence electrons. The summed E-state index contributed by atoms with van der Waals surface area (Å²) in [5.41, 5.74) is 0.898. The Morgan fingerprint density at radius 3 is 3.00 bits per heavy atom. The van der Waals surface area contributed by atoms with Crippen molar-refractivity contribution in [2.24, 2.45) is 0 Å². The molecule has 0 aliphatic rings. The average Bonchev–Trinajstić information content (AvgIpc) is 2.75. The molecular weight excluding hydrogens is 202 g/mol. The van der Waals surface area contributed by atoms with Gasteiger partial charge < -0.3 is 14.6 Å². The molecule has 5 heteroatoms. The Bertz CT molecular complexity index is 476. The van der Waals surface area contributed by atoms with Crippen molar-refractivity contribution in [1.82, 2.24) is 14.4 Å². The van der Waals surface area contributed by atoms with Crippen molar-refractivity contribution < 1.29 is 0 Å². The Kier molecular flexibility index (Phi) is 2.94. The van der Waals surface area contributed by atoms with Crippen molar-refractivity contribution in [3.05, 3.63) is 18.6 Å². The molecule has 0 saturated carbocycles. The number of imidazole rings is 1. The molecule has 0 aliphatic carbocycles. The number of hydrogen-bond acceptors (Lipinski definition) is 4. The molecule has 0 radical (unpaired) electrons. The van der Waals surface area contributed by atoms with Gasteiger partial charge in [-0.05, 0) is 6.42 Å². The fourth-order valence-electron chi connectivity index (χ4n) is 1.73. The van der Waals surface area contributed by atoms with E-state index in [-0.39, 0.29) is 0 Å². The quantitative estimate of drug-likeness (QED) is 0.848. The highest BCUT2D eigenvalue weighted by atomic mass is 15.2. The van der Waals surface area contributed by atoms with E-state index < -0.39 is 0 Å². The molecule has 5 nitrogen and oxygen atoms in total. The van der Waals surface area contributed by atoms with Gasteiger partial charge in [0.25, 0.3) is 0 Å². The summed E-state index contributed by atoms with van der Waals surface area (Å²) in [4.78, 5) is 11.0. The highest BCUT2D eigenvalue weighted by Gasteiger charge is 2.10. The first kappa shape index (κ1) is 10.7. The molecule has 0 spiro atoms. The monoisotopic (exact) mass is 219 g/mol. The number of anilines is 2. The van der Waals surface area contributed by atoms with Crippen LogP contribution in [0.2, 0.25) is 0 Å². The lowest BCUT2D eigenvalue weighted by Crippen LogP contribution is -2.20. The minimum atomic E-state index is 0.850. The van der Waals surface area contributed by atoms with E-state index >= 15 is 0 Å². The second kappa shape index (κ2) is 4.38. The SMILES string of the molecule is CCCN(C)c1nc(NC)cn2ccnc12. The fraction of sp³-hybridized carbons (Fsp3) is 0.455. The lowest BCUT2D eigenvalue weighted by molar-refractivity contribution is 0.836. The summed E-state index contributed by atoms with van der Waals surface area (Å²) in [6, 6.07) is 0.